The van der Waals surface area contributed by atoms with Crippen molar-refractivity contribution in [1.82, 2.24) is 29.8 Å². The molecule has 0 radical (unpaired) electrons. The zero-order valence-electron chi connectivity index (χ0n) is 44.4. The van der Waals surface area contributed by atoms with Crippen LogP contribution < -0.4 is 5.32 Å². The molecule has 68 heavy (non-hydrogen) atoms. The first kappa shape index (κ1) is 73.0. The SMILES string of the molecule is CC.CC.COC1C[C@H](C(=O)O)CN1C.COC1C[C@H](C(C)=O)CN1.COC1C[C@H](C(C)=O)CN1C.COCC1C[C@H](C(=O)N(C)C)CN1C.COCC1C[C@H](C(=O)O)CN1C.ClCCl.ClCCl. The van der Waals surface area contributed by atoms with Crippen molar-refractivity contribution in [1.29, 1.82) is 0 Å². The smallest absolute Gasteiger partial charge is 0.307 e. The Morgan fingerprint density at radius 1 is 0.544 bits per heavy atom. The second-order valence-corrected chi connectivity index (χ2v) is 18.1. The van der Waals surface area contributed by atoms with E-state index in [1.807, 2.05) is 79.8 Å². The number of carboxylic acid groups (broad SMARTS) is 2. The maximum absolute atomic E-state index is 11.7. The molecule has 5 fully saturated rings. The highest BCUT2D eigenvalue weighted by atomic mass is 35.5. The van der Waals surface area contributed by atoms with Gasteiger partial charge in [0, 0.05) is 113 Å². The molecule has 5 aliphatic heterocycles. The van der Waals surface area contributed by atoms with Gasteiger partial charge in [0.2, 0.25) is 5.91 Å². The van der Waals surface area contributed by atoms with Crippen LogP contribution >= 0.6 is 46.4 Å². The van der Waals surface area contributed by atoms with Gasteiger partial charge in [0.1, 0.15) is 30.3 Å². The van der Waals surface area contributed by atoms with Gasteiger partial charge in [-0.3, -0.25) is 39.1 Å². The number of ketones is 2. The molecule has 406 valence electrons. The van der Waals surface area contributed by atoms with Gasteiger partial charge in [-0.1, -0.05) is 27.7 Å². The van der Waals surface area contributed by atoms with Crippen LogP contribution in [-0.2, 0) is 47.7 Å². The van der Waals surface area contributed by atoms with Crippen LogP contribution in [0.1, 0.15) is 73.6 Å². The van der Waals surface area contributed by atoms with Crippen molar-refractivity contribution >= 4 is 75.8 Å². The molecular formula is C46H92Cl4N6O12. The van der Waals surface area contributed by atoms with Crippen LogP contribution in [0.4, 0.5) is 0 Å². The number of rotatable bonds is 12. The van der Waals surface area contributed by atoms with Crippen molar-refractivity contribution in [2.75, 3.05) is 134 Å². The van der Waals surface area contributed by atoms with Crippen molar-refractivity contribution in [3.63, 3.8) is 0 Å². The summed E-state index contributed by atoms with van der Waals surface area (Å²) in [7, 11) is 19.7. The van der Waals surface area contributed by atoms with Gasteiger partial charge in [-0.2, -0.15) is 0 Å². The Hall–Kier alpha value is -1.49. The number of carbonyl (C=O) groups excluding carboxylic acids is 3. The Labute approximate surface area is 430 Å². The fourth-order valence-corrected chi connectivity index (χ4v) is 7.80. The summed E-state index contributed by atoms with van der Waals surface area (Å²) in [5.41, 5.74) is 0. The maximum Gasteiger partial charge on any atom is 0.307 e. The van der Waals surface area contributed by atoms with Crippen molar-refractivity contribution in [2.24, 2.45) is 29.6 Å². The fourth-order valence-electron chi connectivity index (χ4n) is 7.80. The summed E-state index contributed by atoms with van der Waals surface area (Å²) in [4.78, 5) is 64.6. The summed E-state index contributed by atoms with van der Waals surface area (Å²) in [6.45, 7) is 16.3. The molecule has 1 amide bonds. The third-order valence-corrected chi connectivity index (χ3v) is 11.6. The highest BCUT2D eigenvalue weighted by molar-refractivity contribution is 6.41. The summed E-state index contributed by atoms with van der Waals surface area (Å²) in [6.07, 6.45) is 4.12. The first-order valence-electron chi connectivity index (χ1n) is 23.1. The molecule has 5 heterocycles. The number of alkyl halides is 4. The number of methoxy groups -OCH3 is 5. The molecule has 22 heteroatoms. The van der Waals surface area contributed by atoms with E-state index in [0.29, 0.717) is 45.2 Å². The number of carbonyl (C=O) groups is 5. The number of hydrogen-bond acceptors (Lipinski definition) is 15. The second-order valence-electron chi connectivity index (χ2n) is 16.5. The summed E-state index contributed by atoms with van der Waals surface area (Å²) < 4.78 is 25.4. The standard InChI is InChI=1S/C10H20N2O2.C8H15NO3.C8H15NO2.C7H13NO3.C7H13NO2.2C2H6.2CH2Cl2/c1-11(2)10(13)8-5-9(7-14-4)12(3)6-8;1-9-4-6(8(10)11)3-7(9)5-12-2;1-6(10)7-4-8(11-3)9(2)5-7;1-8-4-5(7(9)10)3-6(8)11-2;1-5(9)6-3-7(10-2)8-4-6;2*1-2;2*2-1-3/h8-9H,5-7H2,1-4H3;6-7H,3-5H2,1-2H3,(H,10,11);7-8H,4-5H2,1-3H3;5-6H,3-4H2,1-2H3,(H,9,10);6-8H,3-4H2,1-2H3;2*1-2H3;2*1H2/t8-,9?;6-,7?;7-,8?;5-,6?;6-,7?;;;;/m00000..../s1. The summed E-state index contributed by atoms with van der Waals surface area (Å²) in [6, 6.07) is 0.671. The van der Waals surface area contributed by atoms with Crippen LogP contribution in [0.5, 0.6) is 0 Å². The molecular weight excluding hydrogens is 970 g/mol. The lowest BCUT2D eigenvalue weighted by Gasteiger charge is -2.17. The van der Waals surface area contributed by atoms with E-state index in [1.54, 1.807) is 54.3 Å². The molecule has 0 spiro atoms. The van der Waals surface area contributed by atoms with Crippen LogP contribution in [0, 0.1) is 29.6 Å². The average molecular weight is 1060 g/mol. The molecule has 0 bridgehead atoms. The van der Waals surface area contributed by atoms with E-state index in [1.165, 1.54) is 0 Å². The van der Waals surface area contributed by atoms with Gasteiger partial charge in [0.15, 0.2) is 0 Å². The Morgan fingerprint density at radius 3 is 1.13 bits per heavy atom. The molecule has 0 aromatic rings. The second kappa shape index (κ2) is 44.2. The average Bonchev–Trinajstić information content (AvgIpc) is 4.16. The number of carboxylic acids is 2. The van der Waals surface area contributed by atoms with E-state index >= 15 is 0 Å². The minimum atomic E-state index is -0.726. The lowest BCUT2D eigenvalue weighted by atomic mass is 10.0. The Balaban J connectivity index is -0.000000360. The van der Waals surface area contributed by atoms with E-state index in [2.05, 4.69) is 15.1 Å². The zero-order chi connectivity index (χ0) is 53.7. The summed E-state index contributed by atoms with van der Waals surface area (Å²) >= 11 is 19.1. The van der Waals surface area contributed by atoms with Gasteiger partial charge < -0.3 is 48.6 Å². The van der Waals surface area contributed by atoms with Crippen LogP contribution in [0.25, 0.3) is 0 Å². The quantitative estimate of drug-likeness (QED) is 0.203. The number of likely N-dealkylation sites (N-methyl/N-ethyl adjacent to an activating group) is 2. The fraction of sp³-hybridized carbons (Fsp3) is 0.891. The number of amides is 1. The number of nitrogens with zero attached hydrogens (tertiary/aromatic N) is 5. The lowest BCUT2D eigenvalue weighted by molar-refractivity contribution is -0.142. The van der Waals surface area contributed by atoms with E-state index in [9.17, 15) is 24.0 Å². The molecule has 3 N–H and O–H groups in total. The number of hydrogen-bond donors (Lipinski definition) is 3. The molecule has 18 nitrogen and oxygen atoms in total. The van der Waals surface area contributed by atoms with Crippen molar-refractivity contribution in [3.8, 4) is 0 Å². The normalized spacial score (nSPS) is 27.2. The highest BCUT2D eigenvalue weighted by Gasteiger charge is 2.36. The number of ether oxygens (including phenoxy) is 5. The summed E-state index contributed by atoms with van der Waals surface area (Å²) in [5, 5.41) is 20.9. The molecule has 5 saturated heterocycles. The van der Waals surface area contributed by atoms with Crippen molar-refractivity contribution in [3.05, 3.63) is 0 Å². The van der Waals surface area contributed by atoms with Crippen LogP contribution in [0.15, 0.2) is 0 Å². The first-order chi connectivity index (χ1) is 32.1. The van der Waals surface area contributed by atoms with Gasteiger partial charge in [-0.05, 0) is 67.7 Å². The molecule has 5 unspecified atom stereocenters. The number of aliphatic carboxylic acids is 2. The van der Waals surface area contributed by atoms with Crippen molar-refractivity contribution < 1.29 is 57.9 Å². The van der Waals surface area contributed by atoms with Gasteiger partial charge >= 0.3 is 11.9 Å². The molecule has 0 saturated carbocycles. The molecule has 10 atom stereocenters. The Bertz CT molecular complexity index is 1280. The molecule has 0 aromatic heterocycles. The number of halogens is 4. The predicted molar refractivity (Wildman–Crippen MR) is 274 cm³/mol. The zero-order valence-corrected chi connectivity index (χ0v) is 47.4. The Kier molecular flexibility index (Phi) is 47.5. The molecule has 5 rings (SSSR count). The van der Waals surface area contributed by atoms with Gasteiger partial charge in [0.05, 0.1) is 41.6 Å². The van der Waals surface area contributed by atoms with Gasteiger partial charge in [0.25, 0.3) is 0 Å². The van der Waals surface area contributed by atoms with E-state index < -0.39 is 11.9 Å². The summed E-state index contributed by atoms with van der Waals surface area (Å²) in [5.74, 6) is -0.624. The van der Waals surface area contributed by atoms with E-state index in [4.69, 9.17) is 80.3 Å². The third-order valence-electron chi connectivity index (χ3n) is 11.6. The van der Waals surface area contributed by atoms with Crippen molar-refractivity contribution in [2.45, 2.75) is 104 Å². The van der Waals surface area contributed by atoms with Crippen LogP contribution in [0.2, 0.25) is 0 Å². The largest absolute Gasteiger partial charge is 0.481 e. The van der Waals surface area contributed by atoms with E-state index in [-0.39, 0.29) is 82.5 Å². The number of likely N-dealkylation sites (tertiary alicyclic amines) is 4. The maximum atomic E-state index is 11.7. The first-order valence-corrected chi connectivity index (χ1v) is 25.2. The monoisotopic (exact) mass is 1060 g/mol. The third kappa shape index (κ3) is 31.1. The number of Topliss-reactive ketones (excluding diaryl/α,β-unsaturated/α-hetero) is 2. The molecule has 0 aromatic carbocycles. The van der Waals surface area contributed by atoms with Crippen LogP contribution in [-0.4, -0.2) is 229 Å². The highest BCUT2D eigenvalue weighted by Crippen LogP contribution is 2.25. The predicted octanol–water partition coefficient (Wildman–Crippen LogP) is 5.63. The molecule has 0 aliphatic carbocycles. The minimum Gasteiger partial charge on any atom is -0.481 e. The minimum absolute atomic E-state index is 0.0175. The lowest BCUT2D eigenvalue weighted by Crippen LogP contribution is -2.31. The molecule has 5 aliphatic rings. The Morgan fingerprint density at radius 2 is 0.882 bits per heavy atom. The van der Waals surface area contributed by atoms with Gasteiger partial charge in [-0.25, -0.2) is 0 Å². The number of nitrogens with one attached hydrogen (secondary N) is 1. The van der Waals surface area contributed by atoms with Gasteiger partial charge in [-0.15, -0.1) is 46.4 Å². The van der Waals surface area contributed by atoms with Crippen LogP contribution in [0.3, 0.4) is 0 Å². The topological polar surface area (TPSA) is 200 Å². The van der Waals surface area contributed by atoms with E-state index in [0.717, 1.165) is 38.9 Å².